The molecule has 1 fully saturated rings. The van der Waals surface area contributed by atoms with Gasteiger partial charge in [-0.05, 0) is 67.5 Å². The number of rotatable bonds is 7. The minimum absolute atomic E-state index is 0.666. The van der Waals surface area contributed by atoms with E-state index in [1.807, 2.05) is 0 Å². The Morgan fingerprint density at radius 3 is 3.05 bits per heavy atom. The van der Waals surface area contributed by atoms with Crippen molar-refractivity contribution in [1.29, 1.82) is 0 Å². The van der Waals surface area contributed by atoms with Crippen LogP contribution in [0.15, 0.2) is 24.3 Å². The van der Waals surface area contributed by atoms with Gasteiger partial charge in [-0.15, -0.1) is 12.3 Å². The Hall–Kier alpha value is -1.26. The summed E-state index contributed by atoms with van der Waals surface area (Å²) in [6, 6.07) is 9.76. The minimum atomic E-state index is 0.666. The van der Waals surface area contributed by atoms with Gasteiger partial charge < -0.3 is 5.32 Å². The zero-order chi connectivity index (χ0) is 14.7. The molecule has 0 radical (unpaired) electrons. The van der Waals surface area contributed by atoms with Crippen molar-refractivity contribution in [3.05, 3.63) is 35.4 Å². The summed E-state index contributed by atoms with van der Waals surface area (Å²) in [7, 11) is 0. The molecule has 1 saturated carbocycles. The van der Waals surface area contributed by atoms with Crippen LogP contribution in [-0.4, -0.2) is 12.6 Å². The lowest BCUT2D eigenvalue weighted by Crippen LogP contribution is -2.32. The third kappa shape index (κ3) is 3.01. The Morgan fingerprint density at radius 2 is 2.24 bits per heavy atom. The molecule has 0 bridgehead atoms. The molecule has 0 spiro atoms. The van der Waals surface area contributed by atoms with Gasteiger partial charge in [-0.1, -0.05) is 31.2 Å². The van der Waals surface area contributed by atoms with Crippen molar-refractivity contribution >= 4 is 0 Å². The van der Waals surface area contributed by atoms with E-state index in [0.29, 0.717) is 6.04 Å². The second-order valence-electron chi connectivity index (χ2n) is 6.66. The van der Waals surface area contributed by atoms with Crippen molar-refractivity contribution in [1.82, 2.24) is 5.32 Å². The predicted octanol–water partition coefficient (Wildman–Crippen LogP) is 4.13. The molecule has 1 nitrogen and oxygen atoms in total. The molecule has 1 aromatic carbocycles. The Kier molecular flexibility index (Phi) is 4.66. The molecule has 0 amide bonds. The van der Waals surface area contributed by atoms with E-state index < -0.39 is 0 Å². The second kappa shape index (κ2) is 6.67. The van der Waals surface area contributed by atoms with Crippen LogP contribution in [0.5, 0.6) is 0 Å². The maximum absolute atomic E-state index is 5.42. The molecule has 21 heavy (non-hydrogen) atoms. The highest BCUT2D eigenvalue weighted by Gasteiger charge is 2.55. The number of hydrogen-bond acceptors (Lipinski definition) is 1. The van der Waals surface area contributed by atoms with Gasteiger partial charge in [0.05, 0.1) is 0 Å². The normalized spacial score (nSPS) is 27.3. The number of nitrogens with one attached hydrogen (secondary N) is 1. The van der Waals surface area contributed by atoms with Crippen LogP contribution in [0.2, 0.25) is 0 Å². The summed E-state index contributed by atoms with van der Waals surface area (Å²) in [5.74, 6) is 5.37. The molecule has 0 heterocycles. The third-order valence-corrected chi connectivity index (χ3v) is 5.35. The van der Waals surface area contributed by atoms with E-state index in [1.165, 1.54) is 25.7 Å². The fourth-order valence-corrected chi connectivity index (χ4v) is 4.35. The Balaban J connectivity index is 1.69. The van der Waals surface area contributed by atoms with Crippen LogP contribution in [0.25, 0.3) is 0 Å². The fourth-order valence-electron chi connectivity index (χ4n) is 4.35. The molecule has 0 aromatic heterocycles. The summed E-state index contributed by atoms with van der Waals surface area (Å²) in [5.41, 5.74) is 3.23. The number of benzene rings is 1. The van der Waals surface area contributed by atoms with Crippen molar-refractivity contribution in [2.75, 3.05) is 6.54 Å². The highest BCUT2D eigenvalue weighted by molar-refractivity contribution is 5.40. The summed E-state index contributed by atoms with van der Waals surface area (Å²) >= 11 is 0. The number of hydrogen-bond donors (Lipinski definition) is 1. The van der Waals surface area contributed by atoms with E-state index >= 15 is 0 Å². The van der Waals surface area contributed by atoms with Crippen LogP contribution in [0.3, 0.4) is 0 Å². The summed E-state index contributed by atoms with van der Waals surface area (Å²) in [6.07, 6.45) is 12.6. The monoisotopic (exact) mass is 281 g/mol. The van der Waals surface area contributed by atoms with E-state index in [0.717, 1.165) is 37.1 Å². The van der Waals surface area contributed by atoms with Crippen LogP contribution in [0.4, 0.5) is 0 Å². The number of unbranched alkanes of at least 4 members (excludes halogenated alkanes) is 1. The molecular weight excluding hydrogens is 254 g/mol. The van der Waals surface area contributed by atoms with Gasteiger partial charge in [0.2, 0.25) is 0 Å². The third-order valence-electron chi connectivity index (χ3n) is 5.35. The van der Waals surface area contributed by atoms with Gasteiger partial charge in [0.1, 0.15) is 0 Å². The van der Waals surface area contributed by atoms with E-state index in [9.17, 15) is 0 Å². The van der Waals surface area contributed by atoms with Gasteiger partial charge in [0.15, 0.2) is 0 Å². The first-order valence-corrected chi connectivity index (χ1v) is 8.61. The Bertz CT molecular complexity index is 513. The SMILES string of the molecule is C#CCCCC(NCCC)C1C2CCc3ccccc3C21. The molecule has 3 rings (SSSR count). The highest BCUT2D eigenvalue weighted by Crippen LogP contribution is 2.61. The lowest BCUT2D eigenvalue weighted by Gasteiger charge is -2.18. The van der Waals surface area contributed by atoms with Crippen LogP contribution in [-0.2, 0) is 6.42 Å². The zero-order valence-corrected chi connectivity index (χ0v) is 13.1. The second-order valence-corrected chi connectivity index (χ2v) is 6.66. The quantitative estimate of drug-likeness (QED) is 0.585. The van der Waals surface area contributed by atoms with Crippen molar-refractivity contribution in [3.8, 4) is 12.3 Å². The van der Waals surface area contributed by atoms with Gasteiger partial charge in [-0.3, -0.25) is 0 Å². The number of aryl methyl sites for hydroxylation is 1. The van der Waals surface area contributed by atoms with E-state index in [2.05, 4.69) is 42.4 Å². The van der Waals surface area contributed by atoms with Crippen molar-refractivity contribution < 1.29 is 0 Å². The Labute approximate surface area is 129 Å². The molecule has 0 saturated heterocycles. The van der Waals surface area contributed by atoms with E-state index in [4.69, 9.17) is 6.42 Å². The molecular formula is C20H27N. The van der Waals surface area contributed by atoms with Gasteiger partial charge in [-0.25, -0.2) is 0 Å². The molecule has 2 aliphatic carbocycles. The van der Waals surface area contributed by atoms with Crippen molar-refractivity contribution in [2.45, 2.75) is 57.4 Å². The molecule has 2 aliphatic rings. The maximum atomic E-state index is 5.42. The standard InChI is InChI=1S/C20H27N/c1-3-5-6-11-18(21-14-4-2)20-17-13-12-15-9-7-8-10-16(15)19(17)20/h1,7-10,17-21H,4-6,11-14H2,2H3. The van der Waals surface area contributed by atoms with Crippen LogP contribution >= 0.6 is 0 Å². The maximum Gasteiger partial charge on any atom is 0.0104 e. The van der Waals surface area contributed by atoms with E-state index in [1.54, 1.807) is 11.1 Å². The van der Waals surface area contributed by atoms with Crippen molar-refractivity contribution in [2.24, 2.45) is 11.8 Å². The topological polar surface area (TPSA) is 12.0 Å². The first-order valence-electron chi connectivity index (χ1n) is 8.61. The van der Waals surface area contributed by atoms with Gasteiger partial charge in [0.25, 0.3) is 0 Å². The van der Waals surface area contributed by atoms with E-state index in [-0.39, 0.29) is 0 Å². The first kappa shape index (κ1) is 14.7. The minimum Gasteiger partial charge on any atom is -0.314 e. The average molecular weight is 281 g/mol. The molecule has 4 atom stereocenters. The Morgan fingerprint density at radius 1 is 1.38 bits per heavy atom. The van der Waals surface area contributed by atoms with Crippen LogP contribution in [0, 0.1) is 24.2 Å². The van der Waals surface area contributed by atoms with Crippen LogP contribution in [0.1, 0.15) is 56.1 Å². The molecule has 1 heteroatoms. The lowest BCUT2D eigenvalue weighted by atomic mass is 9.92. The highest BCUT2D eigenvalue weighted by atomic mass is 14.9. The predicted molar refractivity (Wildman–Crippen MR) is 89.2 cm³/mol. The van der Waals surface area contributed by atoms with Gasteiger partial charge in [-0.2, -0.15) is 0 Å². The van der Waals surface area contributed by atoms with Gasteiger partial charge in [0, 0.05) is 12.5 Å². The van der Waals surface area contributed by atoms with Crippen molar-refractivity contribution in [3.63, 3.8) is 0 Å². The molecule has 112 valence electrons. The summed E-state index contributed by atoms with van der Waals surface area (Å²) in [6.45, 7) is 3.39. The number of terminal acetylenes is 1. The zero-order valence-electron chi connectivity index (χ0n) is 13.1. The summed E-state index contributed by atoms with van der Waals surface area (Å²) in [4.78, 5) is 0. The van der Waals surface area contributed by atoms with Gasteiger partial charge >= 0.3 is 0 Å². The molecule has 1 aromatic rings. The summed E-state index contributed by atoms with van der Waals surface area (Å²) < 4.78 is 0. The van der Waals surface area contributed by atoms with Crippen LogP contribution < -0.4 is 5.32 Å². The fraction of sp³-hybridized carbons (Fsp3) is 0.600. The number of fused-ring (bicyclic) bond motifs is 3. The lowest BCUT2D eigenvalue weighted by molar-refractivity contribution is 0.403. The summed E-state index contributed by atoms with van der Waals surface area (Å²) in [5, 5.41) is 3.81. The average Bonchev–Trinajstić information content (AvgIpc) is 3.26. The first-order chi connectivity index (χ1) is 10.4. The molecule has 4 unspecified atom stereocenters. The molecule has 0 aliphatic heterocycles. The smallest absolute Gasteiger partial charge is 0.0104 e. The molecule has 1 N–H and O–H groups in total. The largest absolute Gasteiger partial charge is 0.314 e.